The quantitative estimate of drug-likeness (QED) is 0.599. The minimum atomic E-state index is -0.570. The number of imide groups is 1. The Morgan fingerprint density at radius 3 is 2.50 bits per heavy atom. The van der Waals surface area contributed by atoms with Crippen LogP contribution in [0.1, 0.15) is 11.1 Å². The number of hydrogen-bond acceptors (Lipinski definition) is 4. The van der Waals surface area contributed by atoms with E-state index in [1.54, 1.807) is 18.2 Å². The number of ether oxygens (including phenoxy) is 2. The zero-order chi connectivity index (χ0) is 18.7. The third kappa shape index (κ3) is 3.92. The molecular formula is C18H14Cl2N2O4. The molecule has 2 aromatic rings. The molecule has 0 spiro atoms. The van der Waals surface area contributed by atoms with E-state index in [-0.39, 0.29) is 12.3 Å². The Morgan fingerprint density at radius 1 is 1.08 bits per heavy atom. The van der Waals surface area contributed by atoms with Crippen molar-refractivity contribution in [1.29, 1.82) is 0 Å². The summed E-state index contributed by atoms with van der Waals surface area (Å²) in [4.78, 5) is 22.8. The van der Waals surface area contributed by atoms with E-state index in [2.05, 4.69) is 10.6 Å². The van der Waals surface area contributed by atoms with Crippen molar-refractivity contribution in [2.24, 2.45) is 0 Å². The van der Waals surface area contributed by atoms with Gasteiger partial charge in [0.1, 0.15) is 12.3 Å². The van der Waals surface area contributed by atoms with Crippen LogP contribution in [-0.4, -0.2) is 19.0 Å². The third-order valence-electron chi connectivity index (χ3n) is 3.61. The average Bonchev–Trinajstić information content (AvgIpc) is 2.92. The molecule has 0 aromatic heterocycles. The van der Waals surface area contributed by atoms with E-state index >= 15 is 0 Å². The van der Waals surface area contributed by atoms with Gasteiger partial charge in [-0.1, -0.05) is 41.4 Å². The predicted octanol–water partition coefficient (Wildman–Crippen LogP) is 3.76. The monoisotopic (exact) mass is 392 g/mol. The van der Waals surface area contributed by atoms with Gasteiger partial charge in [-0.15, -0.1) is 0 Å². The van der Waals surface area contributed by atoms with Crippen LogP contribution in [0.3, 0.4) is 0 Å². The van der Waals surface area contributed by atoms with Crippen LogP contribution in [0.15, 0.2) is 42.1 Å². The zero-order valence-corrected chi connectivity index (χ0v) is 15.1. The second-order valence-corrected chi connectivity index (χ2v) is 6.19. The van der Waals surface area contributed by atoms with E-state index in [0.717, 1.165) is 5.56 Å². The van der Waals surface area contributed by atoms with Crippen LogP contribution in [0, 0.1) is 0 Å². The number of halogens is 2. The highest BCUT2D eigenvalue weighted by molar-refractivity contribution is 6.32. The number of nitrogens with one attached hydrogen (secondary N) is 2. The van der Waals surface area contributed by atoms with E-state index in [0.29, 0.717) is 27.1 Å². The first-order valence-corrected chi connectivity index (χ1v) is 8.31. The lowest BCUT2D eigenvalue weighted by atomic mass is 10.1. The number of hydrogen-bond donors (Lipinski definition) is 2. The Kier molecular flexibility index (Phi) is 5.35. The lowest BCUT2D eigenvalue weighted by molar-refractivity contribution is -0.115. The van der Waals surface area contributed by atoms with Crippen LogP contribution in [0.2, 0.25) is 10.0 Å². The SMILES string of the molecule is COc1cc(/C=C2/NC(=O)NC2=O)cc(Cl)c1OCc1ccccc1Cl. The molecule has 6 nitrogen and oxygen atoms in total. The van der Waals surface area contributed by atoms with Crippen LogP contribution >= 0.6 is 23.2 Å². The van der Waals surface area contributed by atoms with Crippen molar-refractivity contribution >= 4 is 41.2 Å². The molecule has 134 valence electrons. The smallest absolute Gasteiger partial charge is 0.326 e. The van der Waals surface area contributed by atoms with E-state index in [1.165, 1.54) is 13.2 Å². The summed E-state index contributed by atoms with van der Waals surface area (Å²) in [5.74, 6) is 0.237. The molecule has 1 aliphatic rings. The topological polar surface area (TPSA) is 76.7 Å². The number of benzene rings is 2. The van der Waals surface area contributed by atoms with Gasteiger partial charge in [-0.25, -0.2) is 4.79 Å². The van der Waals surface area contributed by atoms with Crippen LogP contribution in [0.25, 0.3) is 6.08 Å². The second kappa shape index (κ2) is 7.68. The molecule has 8 heteroatoms. The molecule has 3 amide bonds. The molecule has 1 saturated heterocycles. The molecule has 1 fully saturated rings. The standard InChI is InChI=1S/C18H14Cl2N2O4/c1-25-15-8-10(7-14-17(23)22-18(24)21-14)6-13(20)16(15)26-9-11-4-2-3-5-12(11)19/h2-8H,9H2,1H3,(H2,21,22,23,24)/b14-7+. The summed E-state index contributed by atoms with van der Waals surface area (Å²) in [6, 6.07) is 10.0. The summed E-state index contributed by atoms with van der Waals surface area (Å²) >= 11 is 12.4. The summed E-state index contributed by atoms with van der Waals surface area (Å²) in [6.07, 6.45) is 1.49. The van der Waals surface area contributed by atoms with Gasteiger partial charge >= 0.3 is 6.03 Å². The van der Waals surface area contributed by atoms with Crippen molar-refractivity contribution < 1.29 is 19.1 Å². The molecule has 0 saturated carbocycles. The fraction of sp³-hybridized carbons (Fsp3) is 0.111. The summed E-state index contributed by atoms with van der Waals surface area (Å²) < 4.78 is 11.1. The molecule has 0 aliphatic carbocycles. The lowest BCUT2D eigenvalue weighted by Gasteiger charge is -2.14. The molecule has 26 heavy (non-hydrogen) atoms. The summed E-state index contributed by atoms with van der Waals surface area (Å²) in [5.41, 5.74) is 1.51. The molecule has 0 radical (unpaired) electrons. The first kappa shape index (κ1) is 18.1. The number of urea groups is 1. The van der Waals surface area contributed by atoms with Crippen molar-refractivity contribution in [2.45, 2.75) is 6.61 Å². The summed E-state index contributed by atoms with van der Waals surface area (Å²) in [6.45, 7) is 0.217. The van der Waals surface area contributed by atoms with Gasteiger partial charge in [0.15, 0.2) is 11.5 Å². The minimum absolute atomic E-state index is 0.123. The van der Waals surface area contributed by atoms with Crippen LogP contribution in [0.4, 0.5) is 4.79 Å². The Labute approximate surface area is 159 Å². The molecule has 2 aromatic carbocycles. The van der Waals surface area contributed by atoms with E-state index < -0.39 is 11.9 Å². The molecule has 0 bridgehead atoms. The maximum Gasteiger partial charge on any atom is 0.326 e. The number of carbonyl (C=O) groups excluding carboxylic acids is 2. The van der Waals surface area contributed by atoms with Gasteiger partial charge in [0, 0.05) is 10.6 Å². The van der Waals surface area contributed by atoms with Gasteiger partial charge in [0.25, 0.3) is 5.91 Å². The molecule has 1 aliphatic heterocycles. The Morgan fingerprint density at radius 2 is 1.85 bits per heavy atom. The Hall–Kier alpha value is -2.70. The summed E-state index contributed by atoms with van der Waals surface area (Å²) in [7, 11) is 1.48. The molecule has 2 N–H and O–H groups in total. The molecular weight excluding hydrogens is 379 g/mol. The third-order valence-corrected chi connectivity index (χ3v) is 4.26. The normalized spacial score (nSPS) is 15.0. The first-order valence-electron chi connectivity index (χ1n) is 7.55. The largest absolute Gasteiger partial charge is 0.493 e. The lowest BCUT2D eigenvalue weighted by Crippen LogP contribution is -2.22. The Bertz CT molecular complexity index is 912. The number of carbonyl (C=O) groups is 2. The fourth-order valence-electron chi connectivity index (χ4n) is 2.38. The predicted molar refractivity (Wildman–Crippen MR) is 98.4 cm³/mol. The minimum Gasteiger partial charge on any atom is -0.493 e. The second-order valence-electron chi connectivity index (χ2n) is 5.38. The van der Waals surface area contributed by atoms with E-state index in [1.807, 2.05) is 18.2 Å². The van der Waals surface area contributed by atoms with E-state index in [9.17, 15) is 9.59 Å². The summed E-state index contributed by atoms with van der Waals surface area (Å²) in [5, 5.41) is 5.42. The first-order chi connectivity index (χ1) is 12.5. The highest BCUT2D eigenvalue weighted by Gasteiger charge is 2.23. The Balaban J connectivity index is 1.86. The number of amides is 3. The average molecular weight is 393 g/mol. The van der Waals surface area contributed by atoms with E-state index in [4.69, 9.17) is 32.7 Å². The van der Waals surface area contributed by atoms with Gasteiger partial charge < -0.3 is 14.8 Å². The van der Waals surface area contributed by atoms with Gasteiger partial charge in [-0.3, -0.25) is 10.1 Å². The highest BCUT2D eigenvalue weighted by atomic mass is 35.5. The zero-order valence-electron chi connectivity index (χ0n) is 13.6. The van der Waals surface area contributed by atoms with Gasteiger partial charge in [-0.2, -0.15) is 0 Å². The van der Waals surface area contributed by atoms with Crippen molar-refractivity contribution in [1.82, 2.24) is 10.6 Å². The number of methoxy groups -OCH3 is 1. The van der Waals surface area contributed by atoms with Crippen LogP contribution < -0.4 is 20.1 Å². The van der Waals surface area contributed by atoms with Gasteiger partial charge in [-0.05, 0) is 29.8 Å². The molecule has 0 atom stereocenters. The van der Waals surface area contributed by atoms with Crippen LogP contribution in [-0.2, 0) is 11.4 Å². The molecule has 3 rings (SSSR count). The van der Waals surface area contributed by atoms with Crippen LogP contribution in [0.5, 0.6) is 11.5 Å². The van der Waals surface area contributed by atoms with Gasteiger partial charge in [0.2, 0.25) is 0 Å². The van der Waals surface area contributed by atoms with Gasteiger partial charge in [0.05, 0.1) is 12.1 Å². The van der Waals surface area contributed by atoms with Crippen molar-refractivity contribution in [3.63, 3.8) is 0 Å². The maximum atomic E-state index is 11.6. The highest BCUT2D eigenvalue weighted by Crippen LogP contribution is 2.37. The molecule has 1 heterocycles. The van der Waals surface area contributed by atoms with Crippen molar-refractivity contribution in [2.75, 3.05) is 7.11 Å². The van der Waals surface area contributed by atoms with Crippen molar-refractivity contribution in [3.05, 3.63) is 63.3 Å². The maximum absolute atomic E-state index is 11.6. The molecule has 0 unspecified atom stereocenters. The van der Waals surface area contributed by atoms with Crippen molar-refractivity contribution in [3.8, 4) is 11.5 Å². The fourth-order valence-corrected chi connectivity index (χ4v) is 2.84. The number of rotatable bonds is 5.